The Labute approximate surface area is 131 Å². The first kappa shape index (κ1) is 13.5. The van der Waals surface area contributed by atoms with Gasteiger partial charge in [-0.05, 0) is 18.2 Å². The fourth-order valence-corrected chi connectivity index (χ4v) is 2.64. The molecule has 0 bridgehead atoms. The molecule has 1 N–H and O–H groups in total. The molecule has 2 aromatic carbocycles. The Bertz CT molecular complexity index is 857. The molecule has 1 aliphatic heterocycles. The molecule has 0 saturated carbocycles. The largest absolute Gasteiger partial charge is 0.454 e. The van der Waals surface area contributed by atoms with Crippen LogP contribution < -0.4 is 14.9 Å². The minimum atomic E-state index is -0.368. The zero-order valence-electron chi connectivity index (χ0n) is 12.0. The monoisotopic (exact) mass is 308 g/mol. The lowest BCUT2D eigenvalue weighted by Crippen LogP contribution is -2.19. The van der Waals surface area contributed by atoms with E-state index in [1.165, 1.54) is 0 Å². The number of hydrogen-bond acceptors (Lipinski definition) is 5. The van der Waals surface area contributed by atoms with Crippen molar-refractivity contribution in [1.29, 1.82) is 0 Å². The zero-order chi connectivity index (χ0) is 15.8. The molecule has 2 aliphatic rings. The van der Waals surface area contributed by atoms with E-state index >= 15 is 0 Å². The Hall–Kier alpha value is -3.15. The number of carbonyl (C=O) groups is 2. The number of nitrogens with one attached hydrogen (secondary N) is 1. The van der Waals surface area contributed by atoms with E-state index in [0.717, 1.165) is 5.56 Å². The maximum Gasteiger partial charge on any atom is 0.271 e. The molecule has 6 nitrogen and oxygen atoms in total. The number of hydrogen-bond donors (Lipinski definition) is 1. The van der Waals surface area contributed by atoms with Crippen molar-refractivity contribution in [2.24, 2.45) is 5.10 Å². The lowest BCUT2D eigenvalue weighted by Gasteiger charge is -2.03. The predicted molar refractivity (Wildman–Crippen MR) is 82.0 cm³/mol. The fraction of sp³-hybridized carbons (Fsp3) is 0.118. The average Bonchev–Trinajstić information content (AvgIpc) is 3.17. The molecule has 0 unspecified atom stereocenters. The molecule has 23 heavy (non-hydrogen) atoms. The Balaban J connectivity index is 1.55. The highest BCUT2D eigenvalue weighted by Gasteiger charge is 2.25. The Morgan fingerprint density at radius 3 is 2.70 bits per heavy atom. The van der Waals surface area contributed by atoms with Crippen molar-refractivity contribution >= 4 is 17.4 Å². The van der Waals surface area contributed by atoms with Crippen LogP contribution in [0.25, 0.3) is 0 Å². The topological polar surface area (TPSA) is 77.0 Å². The number of benzene rings is 2. The number of ketones is 1. The van der Waals surface area contributed by atoms with Gasteiger partial charge in [0.2, 0.25) is 6.79 Å². The van der Waals surface area contributed by atoms with Gasteiger partial charge in [-0.15, -0.1) is 0 Å². The van der Waals surface area contributed by atoms with Gasteiger partial charge in [0.25, 0.3) is 5.91 Å². The number of ether oxygens (including phenoxy) is 2. The molecule has 0 radical (unpaired) electrons. The van der Waals surface area contributed by atoms with Gasteiger partial charge >= 0.3 is 0 Å². The Kier molecular flexibility index (Phi) is 3.08. The van der Waals surface area contributed by atoms with Gasteiger partial charge in [0.15, 0.2) is 17.3 Å². The molecule has 0 spiro atoms. The lowest BCUT2D eigenvalue weighted by molar-refractivity contribution is 0.0951. The maximum atomic E-state index is 12.2. The molecule has 4 rings (SSSR count). The average molecular weight is 308 g/mol. The first-order valence-corrected chi connectivity index (χ1v) is 7.11. The van der Waals surface area contributed by atoms with E-state index < -0.39 is 0 Å². The first-order valence-electron chi connectivity index (χ1n) is 7.11. The highest BCUT2D eigenvalue weighted by Crippen LogP contribution is 2.32. The van der Waals surface area contributed by atoms with E-state index in [9.17, 15) is 9.59 Å². The second-order valence-corrected chi connectivity index (χ2v) is 5.21. The van der Waals surface area contributed by atoms with Gasteiger partial charge in [-0.3, -0.25) is 9.59 Å². The molecule has 1 heterocycles. The number of carbonyl (C=O) groups excluding carboxylic acids is 2. The van der Waals surface area contributed by atoms with Gasteiger partial charge in [0.05, 0.1) is 12.1 Å². The lowest BCUT2D eigenvalue weighted by atomic mass is 10.1. The summed E-state index contributed by atoms with van der Waals surface area (Å²) in [5, 5.41) is 4.11. The molecule has 6 heteroatoms. The summed E-state index contributed by atoms with van der Waals surface area (Å²) in [5.74, 6) is 0.791. The third kappa shape index (κ3) is 2.34. The number of rotatable bonds is 2. The van der Waals surface area contributed by atoms with Crippen LogP contribution in [0.4, 0.5) is 0 Å². The minimum absolute atomic E-state index is 0.0108. The van der Waals surface area contributed by atoms with Crippen molar-refractivity contribution in [3.05, 3.63) is 59.2 Å². The molecule has 0 fully saturated rings. The van der Waals surface area contributed by atoms with Gasteiger partial charge in [0, 0.05) is 16.7 Å². The summed E-state index contributed by atoms with van der Waals surface area (Å²) in [4.78, 5) is 24.1. The highest BCUT2D eigenvalue weighted by atomic mass is 16.7. The van der Waals surface area contributed by atoms with Gasteiger partial charge in [-0.2, -0.15) is 5.10 Å². The number of amides is 1. The minimum Gasteiger partial charge on any atom is -0.454 e. The first-order chi connectivity index (χ1) is 11.2. The van der Waals surface area contributed by atoms with Gasteiger partial charge in [-0.1, -0.05) is 24.3 Å². The van der Waals surface area contributed by atoms with Crippen molar-refractivity contribution < 1.29 is 19.1 Å². The molecule has 0 aromatic heterocycles. The molecule has 2 aromatic rings. The van der Waals surface area contributed by atoms with Crippen LogP contribution in [-0.2, 0) is 0 Å². The van der Waals surface area contributed by atoms with Crippen LogP contribution in [0.2, 0.25) is 0 Å². The number of hydrazone groups is 1. The number of Topliss-reactive ketones (excluding diaryl/α,β-unsaturated/α-hetero) is 1. The van der Waals surface area contributed by atoms with Gasteiger partial charge < -0.3 is 9.47 Å². The van der Waals surface area contributed by atoms with Crippen molar-refractivity contribution in [3.8, 4) is 11.5 Å². The van der Waals surface area contributed by atoms with Crippen molar-refractivity contribution in [3.63, 3.8) is 0 Å². The maximum absolute atomic E-state index is 12.2. The summed E-state index contributed by atoms with van der Waals surface area (Å²) < 4.78 is 10.5. The predicted octanol–water partition coefficient (Wildman–Crippen LogP) is 2.14. The Morgan fingerprint density at radius 2 is 1.83 bits per heavy atom. The quantitative estimate of drug-likeness (QED) is 0.862. The summed E-state index contributed by atoms with van der Waals surface area (Å²) in [5.41, 5.74) is 4.89. The van der Waals surface area contributed by atoms with Gasteiger partial charge in [0.1, 0.15) is 0 Å². The standard InChI is InChI=1S/C17H12N2O4/c20-14-8-13(11-3-1-2-4-12(11)14)18-19-17(21)10-5-6-15-16(7-10)23-9-22-15/h1-7H,8-9H2,(H,19,21)/b18-13-. The molecule has 0 saturated heterocycles. The SMILES string of the molecule is O=C(N/N=C1/CC(=O)c2ccccc21)c1ccc2c(c1)OCO2. The van der Waals surface area contributed by atoms with E-state index in [4.69, 9.17) is 9.47 Å². The molecule has 114 valence electrons. The second-order valence-electron chi connectivity index (χ2n) is 5.21. The van der Waals surface area contributed by atoms with Crippen LogP contribution in [0.5, 0.6) is 11.5 Å². The van der Waals surface area contributed by atoms with Crippen LogP contribution >= 0.6 is 0 Å². The Morgan fingerprint density at radius 1 is 1.04 bits per heavy atom. The van der Waals surface area contributed by atoms with Crippen molar-refractivity contribution in [1.82, 2.24) is 5.43 Å². The fourth-order valence-electron chi connectivity index (χ4n) is 2.64. The summed E-state index contributed by atoms with van der Waals surface area (Å²) in [6.45, 7) is 0.154. The summed E-state index contributed by atoms with van der Waals surface area (Å²) in [7, 11) is 0. The smallest absolute Gasteiger partial charge is 0.271 e. The third-order valence-electron chi connectivity index (χ3n) is 3.79. The van der Waals surface area contributed by atoms with Crippen LogP contribution in [0, 0.1) is 0 Å². The third-order valence-corrected chi connectivity index (χ3v) is 3.79. The van der Waals surface area contributed by atoms with Crippen molar-refractivity contribution in [2.45, 2.75) is 6.42 Å². The normalized spacial score (nSPS) is 16.5. The molecule has 1 amide bonds. The van der Waals surface area contributed by atoms with Crippen LogP contribution in [0.3, 0.4) is 0 Å². The zero-order valence-corrected chi connectivity index (χ0v) is 12.0. The number of fused-ring (bicyclic) bond motifs is 2. The van der Waals surface area contributed by atoms with E-state index in [1.54, 1.807) is 24.3 Å². The molecular weight excluding hydrogens is 296 g/mol. The number of nitrogens with zero attached hydrogens (tertiary/aromatic N) is 1. The van der Waals surface area contributed by atoms with Gasteiger partial charge in [-0.25, -0.2) is 5.43 Å². The van der Waals surface area contributed by atoms with Crippen LogP contribution in [0.15, 0.2) is 47.6 Å². The van der Waals surface area contributed by atoms with E-state index in [1.807, 2.05) is 18.2 Å². The second kappa shape index (κ2) is 5.24. The van der Waals surface area contributed by atoms with Crippen molar-refractivity contribution in [2.75, 3.05) is 6.79 Å². The highest BCUT2D eigenvalue weighted by molar-refractivity contribution is 6.26. The summed E-state index contributed by atoms with van der Waals surface area (Å²) in [6.07, 6.45) is 0.195. The molecule has 1 aliphatic carbocycles. The van der Waals surface area contributed by atoms with Crippen LogP contribution in [0.1, 0.15) is 32.7 Å². The summed E-state index contributed by atoms with van der Waals surface area (Å²) >= 11 is 0. The van der Waals surface area contributed by atoms with Crippen LogP contribution in [-0.4, -0.2) is 24.2 Å². The molecular formula is C17H12N2O4. The molecule has 0 atom stereocenters. The van der Waals surface area contributed by atoms with E-state index in [-0.39, 0.29) is 24.9 Å². The van der Waals surface area contributed by atoms with E-state index in [2.05, 4.69) is 10.5 Å². The van der Waals surface area contributed by atoms with E-state index in [0.29, 0.717) is 28.3 Å². The summed E-state index contributed by atoms with van der Waals surface area (Å²) in [6, 6.07) is 12.2.